The van der Waals surface area contributed by atoms with Crippen molar-refractivity contribution in [3.05, 3.63) is 77.4 Å². The number of H-pyrrole nitrogens is 1. The van der Waals surface area contributed by atoms with Crippen LogP contribution in [0.15, 0.2) is 60.7 Å². The third-order valence-corrected chi connectivity index (χ3v) is 5.55. The van der Waals surface area contributed by atoms with Gasteiger partial charge in [0.25, 0.3) is 5.91 Å². The van der Waals surface area contributed by atoms with Crippen LogP contribution in [0.5, 0.6) is 5.75 Å². The van der Waals surface area contributed by atoms with Crippen molar-refractivity contribution in [3.63, 3.8) is 0 Å². The molecular formula is C26H27N3O2. The smallest absolute Gasteiger partial charge is 0.255 e. The lowest BCUT2D eigenvalue weighted by molar-refractivity contribution is -0.119. The van der Waals surface area contributed by atoms with Gasteiger partial charge in [-0.25, -0.2) is 0 Å². The van der Waals surface area contributed by atoms with Gasteiger partial charge in [-0.1, -0.05) is 55.5 Å². The Bertz CT molecular complexity index is 1240. The summed E-state index contributed by atoms with van der Waals surface area (Å²) in [4.78, 5) is 15.0. The van der Waals surface area contributed by atoms with Crippen LogP contribution in [0.3, 0.4) is 0 Å². The van der Waals surface area contributed by atoms with Crippen LogP contribution in [0.2, 0.25) is 0 Å². The highest BCUT2D eigenvalue weighted by atomic mass is 16.5. The molecule has 0 unspecified atom stereocenters. The van der Waals surface area contributed by atoms with Crippen molar-refractivity contribution in [2.24, 2.45) is 5.73 Å². The number of carbonyl (C=O) groups excluding carboxylic acids is 1. The Morgan fingerprint density at radius 3 is 2.39 bits per heavy atom. The number of nitrogens with one attached hydrogen (secondary N) is 2. The Balaban J connectivity index is 1.95. The number of benzene rings is 3. The van der Waals surface area contributed by atoms with Gasteiger partial charge >= 0.3 is 0 Å². The van der Waals surface area contributed by atoms with Gasteiger partial charge in [0, 0.05) is 22.2 Å². The van der Waals surface area contributed by atoms with Gasteiger partial charge < -0.3 is 20.8 Å². The molecule has 0 saturated heterocycles. The van der Waals surface area contributed by atoms with Gasteiger partial charge in [-0.05, 0) is 49.1 Å². The number of aromatic amines is 1. The summed E-state index contributed by atoms with van der Waals surface area (Å²) in [6.45, 7) is 6.15. The first kappa shape index (κ1) is 20.5. The lowest BCUT2D eigenvalue weighted by Crippen LogP contribution is -2.20. The molecule has 4 N–H and O–H groups in total. The van der Waals surface area contributed by atoms with Crippen molar-refractivity contribution in [2.45, 2.75) is 27.2 Å². The first-order valence-electron chi connectivity index (χ1n) is 10.5. The SMILES string of the molecule is CCc1cccc(OCC(N)=O)c1-c1[nH]c2ccccc2c1Nc1c(C)cccc1C. The van der Waals surface area contributed by atoms with Crippen LogP contribution in [0, 0.1) is 13.8 Å². The summed E-state index contributed by atoms with van der Waals surface area (Å²) < 4.78 is 5.82. The number of rotatable bonds is 7. The molecule has 0 spiro atoms. The van der Waals surface area contributed by atoms with Crippen LogP contribution in [-0.2, 0) is 11.2 Å². The quantitative estimate of drug-likeness (QED) is 0.368. The van der Waals surface area contributed by atoms with E-state index in [2.05, 4.69) is 67.5 Å². The Hall–Kier alpha value is -3.73. The molecule has 0 aliphatic heterocycles. The highest BCUT2D eigenvalue weighted by Crippen LogP contribution is 2.43. The number of carbonyl (C=O) groups is 1. The minimum Gasteiger partial charge on any atom is -0.483 e. The van der Waals surface area contributed by atoms with Gasteiger partial charge in [-0.3, -0.25) is 4.79 Å². The molecule has 0 atom stereocenters. The monoisotopic (exact) mass is 413 g/mol. The number of aromatic nitrogens is 1. The van der Waals surface area contributed by atoms with Crippen molar-refractivity contribution in [2.75, 3.05) is 11.9 Å². The van der Waals surface area contributed by atoms with Crippen molar-refractivity contribution >= 4 is 28.2 Å². The fourth-order valence-corrected chi connectivity index (χ4v) is 4.02. The molecule has 1 amide bonds. The van der Waals surface area contributed by atoms with Crippen molar-refractivity contribution in [1.82, 2.24) is 4.98 Å². The van der Waals surface area contributed by atoms with Crippen molar-refractivity contribution in [3.8, 4) is 17.0 Å². The van der Waals surface area contributed by atoms with Gasteiger partial charge in [0.05, 0.1) is 11.4 Å². The average molecular weight is 414 g/mol. The highest BCUT2D eigenvalue weighted by molar-refractivity contribution is 6.04. The van der Waals surface area contributed by atoms with E-state index < -0.39 is 5.91 Å². The first-order valence-corrected chi connectivity index (χ1v) is 10.5. The van der Waals surface area contributed by atoms with E-state index in [1.165, 1.54) is 11.1 Å². The molecule has 1 heterocycles. The molecule has 4 aromatic rings. The molecule has 158 valence electrons. The zero-order chi connectivity index (χ0) is 22.0. The molecule has 0 radical (unpaired) electrons. The summed E-state index contributed by atoms with van der Waals surface area (Å²) in [6.07, 6.45) is 0.821. The Labute approximate surface area is 182 Å². The number of nitrogens with two attached hydrogens (primary N) is 1. The van der Waals surface area contributed by atoms with E-state index in [-0.39, 0.29) is 6.61 Å². The molecule has 0 saturated carbocycles. The fraction of sp³-hybridized carbons (Fsp3) is 0.192. The minimum absolute atomic E-state index is 0.167. The maximum absolute atomic E-state index is 11.4. The van der Waals surface area contributed by atoms with Gasteiger partial charge in [-0.2, -0.15) is 0 Å². The van der Waals surface area contributed by atoms with Crippen molar-refractivity contribution < 1.29 is 9.53 Å². The predicted octanol–water partition coefficient (Wildman–Crippen LogP) is 5.62. The summed E-state index contributed by atoms with van der Waals surface area (Å²) in [7, 11) is 0. The third-order valence-electron chi connectivity index (χ3n) is 5.55. The van der Waals surface area contributed by atoms with Crippen LogP contribution in [0.1, 0.15) is 23.6 Å². The molecule has 4 rings (SSSR count). The molecule has 5 nitrogen and oxygen atoms in total. The van der Waals surface area contributed by atoms with Crippen LogP contribution in [0.4, 0.5) is 11.4 Å². The zero-order valence-corrected chi connectivity index (χ0v) is 18.1. The predicted molar refractivity (Wildman–Crippen MR) is 127 cm³/mol. The van der Waals surface area contributed by atoms with E-state index in [4.69, 9.17) is 10.5 Å². The van der Waals surface area contributed by atoms with Crippen LogP contribution >= 0.6 is 0 Å². The van der Waals surface area contributed by atoms with E-state index >= 15 is 0 Å². The number of anilines is 2. The third kappa shape index (κ3) is 3.99. The normalized spacial score (nSPS) is 10.9. The lowest BCUT2D eigenvalue weighted by Gasteiger charge is -2.18. The standard InChI is InChI=1S/C26H27N3O2/c1-4-18-11-8-14-21(31-15-22(27)30)23(18)26-25(19-12-5-6-13-20(19)28-26)29-24-16(2)9-7-10-17(24)3/h5-14,28-29H,4,15H2,1-3H3,(H2,27,30). The summed E-state index contributed by atoms with van der Waals surface area (Å²) >= 11 is 0. The van der Waals surface area contributed by atoms with Crippen LogP contribution < -0.4 is 15.8 Å². The molecule has 0 bridgehead atoms. The number of amides is 1. The lowest BCUT2D eigenvalue weighted by atomic mass is 9.99. The average Bonchev–Trinajstić information content (AvgIpc) is 3.12. The van der Waals surface area contributed by atoms with Gasteiger partial charge in [0.1, 0.15) is 5.75 Å². The minimum atomic E-state index is -0.501. The second-order valence-corrected chi connectivity index (χ2v) is 7.71. The summed E-state index contributed by atoms with van der Waals surface area (Å²) in [6, 6.07) is 20.4. The Morgan fingerprint density at radius 2 is 1.68 bits per heavy atom. The second-order valence-electron chi connectivity index (χ2n) is 7.71. The molecule has 0 fully saturated rings. The molecule has 31 heavy (non-hydrogen) atoms. The molecule has 0 aliphatic carbocycles. The Kier molecular flexibility index (Phi) is 5.67. The van der Waals surface area contributed by atoms with Gasteiger partial charge in [-0.15, -0.1) is 0 Å². The topological polar surface area (TPSA) is 80.1 Å². The summed E-state index contributed by atoms with van der Waals surface area (Å²) in [5.41, 5.74) is 13.8. The van der Waals surface area contributed by atoms with Crippen molar-refractivity contribution in [1.29, 1.82) is 0 Å². The largest absolute Gasteiger partial charge is 0.483 e. The number of aryl methyl sites for hydroxylation is 3. The zero-order valence-electron chi connectivity index (χ0n) is 18.1. The van der Waals surface area contributed by atoms with E-state index in [1.807, 2.05) is 24.3 Å². The number of fused-ring (bicyclic) bond motifs is 1. The van der Waals surface area contributed by atoms with Gasteiger partial charge in [0.15, 0.2) is 6.61 Å². The number of hydrogen-bond acceptors (Lipinski definition) is 3. The summed E-state index contributed by atoms with van der Waals surface area (Å²) in [5, 5.41) is 4.79. The van der Waals surface area contributed by atoms with E-state index in [1.54, 1.807) is 0 Å². The maximum atomic E-state index is 11.4. The molecule has 5 heteroatoms. The first-order chi connectivity index (χ1) is 15.0. The Morgan fingerprint density at radius 1 is 0.968 bits per heavy atom. The fourth-order valence-electron chi connectivity index (χ4n) is 4.02. The van der Waals surface area contributed by atoms with Crippen LogP contribution in [0.25, 0.3) is 22.2 Å². The van der Waals surface area contributed by atoms with Gasteiger partial charge in [0.2, 0.25) is 0 Å². The van der Waals surface area contributed by atoms with E-state index in [0.717, 1.165) is 45.5 Å². The molecule has 1 aromatic heterocycles. The molecular weight excluding hydrogens is 386 g/mol. The number of para-hydroxylation sites is 2. The number of primary amides is 1. The molecule has 3 aromatic carbocycles. The van der Waals surface area contributed by atoms with E-state index in [0.29, 0.717) is 5.75 Å². The van der Waals surface area contributed by atoms with Crippen LogP contribution in [-0.4, -0.2) is 17.5 Å². The molecule has 0 aliphatic rings. The maximum Gasteiger partial charge on any atom is 0.255 e. The number of ether oxygens (including phenoxy) is 1. The second kappa shape index (κ2) is 8.56. The number of hydrogen-bond donors (Lipinski definition) is 3. The highest BCUT2D eigenvalue weighted by Gasteiger charge is 2.20. The van der Waals surface area contributed by atoms with E-state index in [9.17, 15) is 4.79 Å². The summed E-state index contributed by atoms with van der Waals surface area (Å²) in [5.74, 6) is 0.132.